The molecule has 2 aromatic rings. The Morgan fingerprint density at radius 2 is 1.67 bits per heavy atom. The molecule has 0 saturated carbocycles. The van der Waals surface area contributed by atoms with Gasteiger partial charge in [-0.3, -0.25) is 4.79 Å². The van der Waals surface area contributed by atoms with Crippen LogP contribution in [0.25, 0.3) is 0 Å². The lowest BCUT2D eigenvalue weighted by Crippen LogP contribution is -2.36. The van der Waals surface area contributed by atoms with Crippen molar-refractivity contribution >= 4 is 28.7 Å². The lowest BCUT2D eigenvalue weighted by molar-refractivity contribution is 0.100. The molecule has 1 aliphatic rings. The van der Waals surface area contributed by atoms with Gasteiger partial charge < -0.3 is 21.3 Å². The molecule has 0 fully saturated rings. The molecule has 21 heavy (non-hydrogen) atoms. The lowest BCUT2D eigenvalue weighted by atomic mass is 10.1. The number of nitrogens with zero attached hydrogens (tertiary/aromatic N) is 2. The molecule has 3 rings (SSSR count). The van der Waals surface area contributed by atoms with Gasteiger partial charge in [0.2, 0.25) is 0 Å². The Bertz CT molecular complexity index is 698. The van der Waals surface area contributed by atoms with E-state index in [9.17, 15) is 4.79 Å². The molecule has 2 aromatic carbocycles. The summed E-state index contributed by atoms with van der Waals surface area (Å²) < 4.78 is 0. The van der Waals surface area contributed by atoms with Crippen molar-refractivity contribution in [2.24, 2.45) is 5.73 Å². The molecule has 0 aliphatic carbocycles. The predicted molar refractivity (Wildman–Crippen MR) is 86.1 cm³/mol. The number of fused-ring (bicyclic) bond motifs is 1. The third-order valence-corrected chi connectivity index (χ3v) is 3.88. The summed E-state index contributed by atoms with van der Waals surface area (Å²) >= 11 is 0. The molecular weight excluding hydrogens is 264 g/mol. The fourth-order valence-electron chi connectivity index (χ4n) is 2.76. The number of carbonyl (C=O) groups is 1. The fraction of sp³-hybridized carbons (Fsp3) is 0.188. The van der Waals surface area contributed by atoms with E-state index >= 15 is 0 Å². The monoisotopic (exact) mass is 282 g/mol. The van der Waals surface area contributed by atoms with E-state index in [4.69, 9.17) is 11.5 Å². The van der Waals surface area contributed by atoms with Crippen molar-refractivity contribution in [3.05, 3.63) is 48.0 Å². The Labute approximate surface area is 123 Å². The second kappa shape index (κ2) is 5.01. The molecule has 0 aromatic heterocycles. The van der Waals surface area contributed by atoms with E-state index in [2.05, 4.69) is 29.0 Å². The first kappa shape index (κ1) is 13.3. The number of likely N-dealkylation sites (N-methyl/N-ethyl adjacent to an activating group) is 1. The molecule has 5 heteroatoms. The van der Waals surface area contributed by atoms with Crippen LogP contribution in [-0.2, 0) is 0 Å². The first-order valence-corrected chi connectivity index (χ1v) is 6.85. The average Bonchev–Trinajstić information content (AvgIpc) is 2.48. The van der Waals surface area contributed by atoms with Gasteiger partial charge in [0.25, 0.3) is 5.91 Å². The van der Waals surface area contributed by atoms with Crippen LogP contribution in [0.2, 0.25) is 0 Å². The number of anilines is 4. The molecule has 0 bridgehead atoms. The Hall–Kier alpha value is -2.69. The number of nitrogens with two attached hydrogens (primary N) is 2. The zero-order chi connectivity index (χ0) is 15.0. The first-order valence-electron chi connectivity index (χ1n) is 6.85. The van der Waals surface area contributed by atoms with Gasteiger partial charge in [0.05, 0.1) is 28.3 Å². The zero-order valence-electron chi connectivity index (χ0n) is 11.9. The van der Waals surface area contributed by atoms with E-state index < -0.39 is 5.91 Å². The zero-order valence-corrected chi connectivity index (χ0v) is 11.9. The van der Waals surface area contributed by atoms with E-state index in [0.717, 1.165) is 30.2 Å². The summed E-state index contributed by atoms with van der Waals surface area (Å²) in [6, 6.07) is 13.5. The van der Waals surface area contributed by atoms with Crippen molar-refractivity contribution in [2.45, 2.75) is 0 Å². The largest absolute Gasteiger partial charge is 0.396 e. The number of amides is 1. The first-order chi connectivity index (χ1) is 10.1. The average molecular weight is 282 g/mol. The number of para-hydroxylation sites is 3. The minimum absolute atomic E-state index is 0.365. The summed E-state index contributed by atoms with van der Waals surface area (Å²) in [4.78, 5) is 15.8. The summed E-state index contributed by atoms with van der Waals surface area (Å²) in [7, 11) is 2.07. The minimum atomic E-state index is -0.503. The molecule has 4 N–H and O–H groups in total. The van der Waals surface area contributed by atoms with Crippen LogP contribution in [-0.4, -0.2) is 26.0 Å². The van der Waals surface area contributed by atoms with Gasteiger partial charge >= 0.3 is 0 Å². The lowest BCUT2D eigenvalue weighted by Gasteiger charge is -2.37. The van der Waals surface area contributed by atoms with Crippen LogP contribution in [0.15, 0.2) is 42.5 Å². The Balaban J connectivity index is 2.12. The van der Waals surface area contributed by atoms with Crippen LogP contribution in [0.1, 0.15) is 10.4 Å². The summed E-state index contributed by atoms with van der Waals surface area (Å²) in [5.74, 6) is -0.503. The third kappa shape index (κ3) is 2.16. The van der Waals surface area contributed by atoms with Crippen LogP contribution in [0.4, 0.5) is 22.7 Å². The highest BCUT2D eigenvalue weighted by Crippen LogP contribution is 2.39. The highest BCUT2D eigenvalue weighted by Gasteiger charge is 2.23. The van der Waals surface area contributed by atoms with E-state index in [1.54, 1.807) is 6.07 Å². The number of carbonyl (C=O) groups excluding carboxylic acids is 1. The second-order valence-corrected chi connectivity index (χ2v) is 5.16. The summed E-state index contributed by atoms with van der Waals surface area (Å²) in [6.07, 6.45) is 0. The fourth-order valence-corrected chi connectivity index (χ4v) is 2.76. The van der Waals surface area contributed by atoms with Crippen LogP contribution in [0.5, 0.6) is 0 Å². The molecule has 0 unspecified atom stereocenters. The SMILES string of the molecule is CN1CCN(c2cccc(C(N)=O)c2N)c2ccccc21. The normalized spacial score (nSPS) is 14.0. The van der Waals surface area contributed by atoms with Crippen molar-refractivity contribution in [2.75, 3.05) is 35.7 Å². The van der Waals surface area contributed by atoms with Crippen molar-refractivity contribution in [3.63, 3.8) is 0 Å². The molecule has 0 spiro atoms. The maximum Gasteiger partial charge on any atom is 0.250 e. The van der Waals surface area contributed by atoms with E-state index in [-0.39, 0.29) is 0 Å². The quantitative estimate of drug-likeness (QED) is 0.826. The molecular formula is C16H18N4O. The van der Waals surface area contributed by atoms with Crippen LogP contribution in [0, 0.1) is 0 Å². The molecule has 108 valence electrons. The van der Waals surface area contributed by atoms with Crippen molar-refractivity contribution < 1.29 is 4.79 Å². The van der Waals surface area contributed by atoms with E-state index in [1.807, 2.05) is 24.3 Å². The Kier molecular flexibility index (Phi) is 3.17. The second-order valence-electron chi connectivity index (χ2n) is 5.16. The van der Waals surface area contributed by atoms with Gasteiger partial charge in [0, 0.05) is 20.1 Å². The van der Waals surface area contributed by atoms with Gasteiger partial charge in [0.1, 0.15) is 0 Å². The maximum atomic E-state index is 11.5. The maximum absolute atomic E-state index is 11.5. The van der Waals surface area contributed by atoms with Crippen LogP contribution in [0.3, 0.4) is 0 Å². The standard InChI is InChI=1S/C16H18N4O/c1-19-9-10-20(13-7-3-2-6-12(13)19)14-8-4-5-11(15(14)17)16(18)21/h2-8H,9-10,17H2,1H3,(H2,18,21). The summed E-state index contributed by atoms with van der Waals surface area (Å²) in [5, 5.41) is 0. The molecule has 1 aliphatic heterocycles. The number of nitrogen functional groups attached to an aromatic ring is 1. The number of benzene rings is 2. The van der Waals surface area contributed by atoms with Gasteiger partial charge in [-0.25, -0.2) is 0 Å². The number of rotatable bonds is 2. The highest BCUT2D eigenvalue weighted by atomic mass is 16.1. The predicted octanol–water partition coefficient (Wildman–Crippen LogP) is 1.96. The van der Waals surface area contributed by atoms with Gasteiger partial charge in [-0.05, 0) is 24.3 Å². The molecule has 0 radical (unpaired) electrons. The van der Waals surface area contributed by atoms with Crippen LogP contribution >= 0.6 is 0 Å². The molecule has 5 nitrogen and oxygen atoms in total. The number of hydrogen-bond donors (Lipinski definition) is 2. The number of primary amides is 1. The highest BCUT2D eigenvalue weighted by molar-refractivity contribution is 6.01. The smallest absolute Gasteiger partial charge is 0.250 e. The number of hydrogen-bond acceptors (Lipinski definition) is 4. The van der Waals surface area contributed by atoms with E-state index in [0.29, 0.717) is 11.3 Å². The van der Waals surface area contributed by atoms with Crippen molar-refractivity contribution in [1.82, 2.24) is 0 Å². The van der Waals surface area contributed by atoms with Crippen molar-refractivity contribution in [1.29, 1.82) is 0 Å². The van der Waals surface area contributed by atoms with Gasteiger partial charge in [-0.1, -0.05) is 18.2 Å². The topological polar surface area (TPSA) is 75.6 Å². The van der Waals surface area contributed by atoms with Gasteiger partial charge in [-0.2, -0.15) is 0 Å². The van der Waals surface area contributed by atoms with Gasteiger partial charge in [0.15, 0.2) is 0 Å². The third-order valence-electron chi connectivity index (χ3n) is 3.88. The Morgan fingerprint density at radius 3 is 2.38 bits per heavy atom. The van der Waals surface area contributed by atoms with Gasteiger partial charge in [-0.15, -0.1) is 0 Å². The minimum Gasteiger partial charge on any atom is -0.396 e. The summed E-state index contributed by atoms with van der Waals surface area (Å²) in [6.45, 7) is 1.69. The summed E-state index contributed by atoms with van der Waals surface area (Å²) in [5.41, 5.74) is 15.4. The molecule has 1 heterocycles. The Morgan fingerprint density at radius 1 is 1.00 bits per heavy atom. The molecule has 0 atom stereocenters. The molecule has 0 saturated heterocycles. The van der Waals surface area contributed by atoms with E-state index in [1.165, 1.54) is 0 Å². The van der Waals surface area contributed by atoms with Crippen LogP contribution < -0.4 is 21.3 Å². The molecule has 1 amide bonds. The van der Waals surface area contributed by atoms with Crippen molar-refractivity contribution in [3.8, 4) is 0 Å².